The van der Waals surface area contributed by atoms with Crippen molar-refractivity contribution in [2.75, 3.05) is 19.1 Å². The number of furan rings is 1. The number of piperidine rings is 4. The molecule has 4 saturated heterocycles. The van der Waals surface area contributed by atoms with Crippen molar-refractivity contribution in [1.82, 2.24) is 0 Å². The van der Waals surface area contributed by atoms with Crippen molar-refractivity contribution < 1.29 is 41.1 Å². The number of quaternary nitrogens is 1. The van der Waals surface area contributed by atoms with Crippen LogP contribution in [0.15, 0.2) is 40.8 Å². The van der Waals surface area contributed by atoms with E-state index in [1.54, 1.807) is 6.07 Å². The number of anilines is 1. The minimum atomic E-state index is -0.512. The number of hydrogen-bond acceptors (Lipinski definition) is 6. The van der Waals surface area contributed by atoms with E-state index < -0.39 is 18.3 Å². The summed E-state index contributed by atoms with van der Waals surface area (Å²) >= 11 is 0. The van der Waals surface area contributed by atoms with E-state index in [4.69, 9.17) is 9.15 Å². The highest BCUT2D eigenvalue weighted by Gasteiger charge is 2.83. The van der Waals surface area contributed by atoms with Gasteiger partial charge >= 0.3 is 5.97 Å². The zero-order chi connectivity index (χ0) is 23.6. The second-order valence-corrected chi connectivity index (χ2v) is 11.3. The monoisotopic (exact) mass is 500 g/mol. The largest absolute Gasteiger partial charge is 1.00 e. The number of halogens is 1. The molecule has 2 aromatic rings. The second-order valence-electron chi connectivity index (χ2n) is 11.3. The molecule has 0 radical (unpaired) electrons. The first-order valence-corrected chi connectivity index (χ1v) is 12.6. The number of hydrogen-bond donors (Lipinski definition) is 2. The first-order valence-electron chi connectivity index (χ1n) is 12.6. The molecule has 10 atom stereocenters. The van der Waals surface area contributed by atoms with Crippen LogP contribution >= 0.6 is 0 Å². The summed E-state index contributed by atoms with van der Waals surface area (Å²) in [6.45, 7) is 2.69. The van der Waals surface area contributed by atoms with Gasteiger partial charge in [0.1, 0.15) is 12.6 Å². The molecule has 1 aromatic carbocycles. The molecule has 5 fully saturated rings. The van der Waals surface area contributed by atoms with E-state index in [1.807, 2.05) is 6.07 Å². The molecule has 10 unspecified atom stereocenters. The van der Waals surface area contributed by atoms with Crippen LogP contribution in [0.5, 0.6) is 0 Å². The van der Waals surface area contributed by atoms with E-state index in [1.165, 1.54) is 18.4 Å². The highest BCUT2D eigenvalue weighted by molar-refractivity contribution is 5.86. The Morgan fingerprint density at radius 3 is 2.74 bits per heavy atom. The Labute approximate surface area is 211 Å². The van der Waals surface area contributed by atoms with E-state index in [0.717, 1.165) is 19.3 Å². The molecule has 7 nitrogen and oxygen atoms in total. The fourth-order valence-corrected chi connectivity index (χ4v) is 9.65. The molecular formula is C27H33ClN2O5. The maximum absolute atomic E-state index is 12.1. The van der Waals surface area contributed by atoms with Gasteiger partial charge in [-0.3, -0.25) is 4.48 Å². The maximum atomic E-state index is 12.1. The number of benzene rings is 1. The summed E-state index contributed by atoms with van der Waals surface area (Å²) in [5.74, 6) is 1.04. The molecule has 1 spiro atoms. The van der Waals surface area contributed by atoms with Crippen molar-refractivity contribution in [3.05, 3.63) is 53.5 Å². The number of aliphatic hydroxyl groups excluding tert-OH is 2. The van der Waals surface area contributed by atoms with Gasteiger partial charge in [-0.05, 0) is 36.1 Å². The average Bonchev–Trinajstić information content (AvgIpc) is 3.47. The zero-order valence-electron chi connectivity index (χ0n) is 20.3. The number of nitrogens with zero attached hydrogens (tertiary/aromatic N) is 2. The number of rotatable bonds is 4. The van der Waals surface area contributed by atoms with Crippen LogP contribution in [0.2, 0.25) is 0 Å². The lowest BCUT2D eigenvalue weighted by Crippen LogP contribution is -3.00. The number of methoxy groups -OCH3 is 1. The van der Waals surface area contributed by atoms with E-state index in [2.05, 4.69) is 43.1 Å². The number of carbonyl (C=O) groups is 1. The minimum absolute atomic E-state index is 0. The predicted octanol–water partition coefficient (Wildman–Crippen LogP) is -0.347. The fourth-order valence-electron chi connectivity index (χ4n) is 9.65. The number of aliphatic hydroxyl groups is 2. The summed E-state index contributed by atoms with van der Waals surface area (Å²) in [6, 6.07) is 12.6. The number of ether oxygens (including phenoxy) is 1. The summed E-state index contributed by atoms with van der Waals surface area (Å²) in [4.78, 5) is 14.4. The Kier molecular flexibility index (Phi) is 4.99. The van der Waals surface area contributed by atoms with Gasteiger partial charge in [-0.2, -0.15) is 0 Å². The number of para-hydroxylation sites is 1. The lowest BCUT2D eigenvalue weighted by Gasteiger charge is -2.67. The number of esters is 1. The van der Waals surface area contributed by atoms with Gasteiger partial charge in [0.2, 0.25) is 5.76 Å². The average molecular weight is 501 g/mol. The normalized spacial score (nSPS) is 43.6. The first-order chi connectivity index (χ1) is 16.4. The smallest absolute Gasteiger partial charge is 0.373 e. The van der Waals surface area contributed by atoms with Gasteiger partial charge in [0.25, 0.3) is 0 Å². The van der Waals surface area contributed by atoms with Gasteiger partial charge in [0.15, 0.2) is 12.0 Å². The number of fused-ring (bicyclic) bond motifs is 2. The van der Waals surface area contributed by atoms with Crippen LogP contribution in [0, 0.1) is 17.8 Å². The number of likely N-dealkylation sites (N-methyl/N-ethyl adjacent to an activating group) is 1. The Hall–Kier alpha value is -2.06. The molecule has 2 N–H and O–H groups in total. The lowest BCUT2D eigenvalue weighted by atomic mass is 9.60. The molecule has 0 amide bonds. The summed E-state index contributed by atoms with van der Waals surface area (Å²) in [5.41, 5.74) is 2.20. The third-order valence-corrected chi connectivity index (χ3v) is 10.6. The molecule has 5 aliphatic heterocycles. The van der Waals surface area contributed by atoms with Crippen LogP contribution in [-0.2, 0) is 16.7 Å². The van der Waals surface area contributed by atoms with E-state index in [9.17, 15) is 15.0 Å². The zero-order valence-corrected chi connectivity index (χ0v) is 21.1. The van der Waals surface area contributed by atoms with Crippen LogP contribution in [0.4, 0.5) is 5.69 Å². The Balaban J connectivity index is 0.00000229. The number of carbonyl (C=O) groups excluding carboxylic acids is 1. The molecule has 6 aliphatic rings. The van der Waals surface area contributed by atoms with Crippen molar-refractivity contribution >= 4 is 11.7 Å². The van der Waals surface area contributed by atoms with Gasteiger partial charge in [-0.1, -0.05) is 25.1 Å². The fraction of sp³-hybridized carbons (Fsp3) is 0.593. The van der Waals surface area contributed by atoms with Crippen LogP contribution in [-0.4, -0.2) is 65.3 Å². The summed E-state index contributed by atoms with van der Waals surface area (Å²) in [7, 11) is 3.51. The Morgan fingerprint density at radius 1 is 1.23 bits per heavy atom. The molecule has 5 bridgehead atoms. The molecular weight excluding hydrogens is 468 g/mol. The highest BCUT2D eigenvalue weighted by atomic mass is 35.5. The summed E-state index contributed by atoms with van der Waals surface area (Å²) in [6.07, 6.45) is 1.83. The molecule has 188 valence electrons. The Bertz CT molecular complexity index is 1190. The van der Waals surface area contributed by atoms with Gasteiger partial charge in [0, 0.05) is 37.4 Å². The molecule has 1 aliphatic carbocycles. The molecule has 8 rings (SSSR count). The van der Waals surface area contributed by atoms with Crippen molar-refractivity contribution in [2.24, 2.45) is 17.8 Å². The van der Waals surface area contributed by atoms with Gasteiger partial charge in [0.05, 0.1) is 30.7 Å². The van der Waals surface area contributed by atoms with Gasteiger partial charge in [-0.25, -0.2) is 4.79 Å². The van der Waals surface area contributed by atoms with E-state index >= 15 is 0 Å². The summed E-state index contributed by atoms with van der Waals surface area (Å²) in [5, 5.41) is 24.1. The third kappa shape index (κ3) is 2.46. The molecule has 8 heteroatoms. The lowest BCUT2D eigenvalue weighted by molar-refractivity contribution is -1.05. The SMILES string of the molecule is CCC1C2CC3C4N(C)c5ccccc5C45CC(C2C5O)[N+]3(Cc2ccc(C(=O)OC)o2)C1O.[Cl-]. The van der Waals surface area contributed by atoms with Gasteiger partial charge in [-0.15, -0.1) is 0 Å². The van der Waals surface area contributed by atoms with Crippen molar-refractivity contribution in [3.8, 4) is 0 Å². The second kappa shape index (κ2) is 7.48. The molecule has 1 saturated carbocycles. The van der Waals surface area contributed by atoms with Crippen LogP contribution < -0.4 is 17.3 Å². The topological polar surface area (TPSA) is 83.1 Å². The standard InChI is InChI=1S/C27H33N2O5.ClH/c1-4-15-16-11-19-23-27(17-7-5-6-8-18(17)28(23)2)12-20(22(16)24(27)30)29(19,25(15)31)13-14-9-10-21(34-14)26(32)33-3;/h5-10,15-16,19-20,22-25,30-31H,4,11-13H2,1-3H3;1H/q+1;/p-1. The van der Waals surface area contributed by atoms with Crippen LogP contribution in [0.3, 0.4) is 0 Å². The van der Waals surface area contributed by atoms with Crippen molar-refractivity contribution in [2.45, 2.75) is 68.6 Å². The first kappa shape index (κ1) is 23.3. The van der Waals surface area contributed by atoms with Crippen molar-refractivity contribution in [3.63, 3.8) is 0 Å². The minimum Gasteiger partial charge on any atom is -1.00 e. The van der Waals surface area contributed by atoms with E-state index in [0.29, 0.717) is 22.7 Å². The molecule has 6 heterocycles. The van der Waals surface area contributed by atoms with Crippen molar-refractivity contribution in [1.29, 1.82) is 0 Å². The van der Waals surface area contributed by atoms with E-state index in [-0.39, 0.29) is 53.5 Å². The predicted molar refractivity (Wildman–Crippen MR) is 124 cm³/mol. The quantitative estimate of drug-likeness (QED) is 0.441. The molecule has 1 aromatic heterocycles. The third-order valence-electron chi connectivity index (χ3n) is 10.6. The molecule has 35 heavy (non-hydrogen) atoms. The Morgan fingerprint density at radius 2 is 2.00 bits per heavy atom. The maximum Gasteiger partial charge on any atom is 0.373 e. The van der Waals surface area contributed by atoms with Crippen LogP contribution in [0.1, 0.15) is 48.1 Å². The highest BCUT2D eigenvalue weighted by Crippen LogP contribution is 2.71. The summed E-state index contributed by atoms with van der Waals surface area (Å²) < 4.78 is 11.3. The van der Waals surface area contributed by atoms with Gasteiger partial charge < -0.3 is 36.7 Å². The van der Waals surface area contributed by atoms with Crippen LogP contribution in [0.25, 0.3) is 0 Å².